The van der Waals surface area contributed by atoms with Crippen LogP contribution in [0.5, 0.6) is 0 Å². The van der Waals surface area contributed by atoms with Gasteiger partial charge in [-0.3, -0.25) is 0 Å². The lowest BCUT2D eigenvalue weighted by atomic mass is 9.96. The van der Waals surface area contributed by atoms with E-state index in [2.05, 4.69) is 5.32 Å². The second-order valence-corrected chi connectivity index (χ2v) is 5.22. The van der Waals surface area contributed by atoms with Crippen molar-refractivity contribution in [1.82, 2.24) is 5.32 Å². The van der Waals surface area contributed by atoms with Gasteiger partial charge in [0.05, 0.1) is 0 Å². The highest BCUT2D eigenvalue weighted by molar-refractivity contribution is 6.36. The normalized spacial score (nSPS) is 17.8. The first kappa shape index (κ1) is 11.3. The Labute approximate surface area is 101 Å². The zero-order valence-electron chi connectivity index (χ0n) is 8.82. The van der Waals surface area contributed by atoms with Gasteiger partial charge in [0, 0.05) is 16.6 Å². The van der Waals surface area contributed by atoms with E-state index in [0.29, 0.717) is 5.41 Å². The molecule has 0 aliphatic heterocycles. The van der Waals surface area contributed by atoms with Gasteiger partial charge in [-0.2, -0.15) is 0 Å². The Kier molecular flexibility index (Phi) is 3.24. The smallest absolute Gasteiger partial charge is 0.0453 e. The number of halogens is 2. The van der Waals surface area contributed by atoms with Crippen molar-refractivity contribution in [3.63, 3.8) is 0 Å². The number of rotatable bonds is 4. The second-order valence-electron chi connectivity index (χ2n) is 4.41. The van der Waals surface area contributed by atoms with Crippen LogP contribution in [0.2, 0.25) is 10.0 Å². The molecule has 1 nitrogen and oxygen atoms in total. The van der Waals surface area contributed by atoms with Gasteiger partial charge in [-0.05, 0) is 49.4 Å². The van der Waals surface area contributed by atoms with Crippen LogP contribution < -0.4 is 5.32 Å². The average molecular weight is 244 g/mol. The summed E-state index contributed by atoms with van der Waals surface area (Å²) in [6.07, 6.45) is 3.54. The summed E-state index contributed by atoms with van der Waals surface area (Å²) in [6.45, 7) is 1.05. The summed E-state index contributed by atoms with van der Waals surface area (Å²) in [5, 5.41) is 4.84. The van der Waals surface area contributed by atoms with Crippen LogP contribution in [-0.4, -0.2) is 13.6 Å². The molecule has 0 atom stereocenters. The van der Waals surface area contributed by atoms with Crippen molar-refractivity contribution in [1.29, 1.82) is 0 Å². The summed E-state index contributed by atoms with van der Waals surface area (Å²) in [4.78, 5) is 0. The predicted molar refractivity (Wildman–Crippen MR) is 65.8 cm³/mol. The fourth-order valence-corrected chi connectivity index (χ4v) is 2.58. The molecule has 0 aromatic heterocycles. The van der Waals surface area contributed by atoms with E-state index < -0.39 is 0 Å². The molecule has 0 saturated heterocycles. The molecule has 2 rings (SSSR count). The molecule has 0 radical (unpaired) electrons. The Hall–Kier alpha value is -0.240. The molecule has 1 aromatic carbocycles. The van der Waals surface area contributed by atoms with Gasteiger partial charge in [0.25, 0.3) is 0 Å². The van der Waals surface area contributed by atoms with E-state index in [1.165, 1.54) is 12.8 Å². The molecule has 1 saturated carbocycles. The maximum atomic E-state index is 6.16. The molecule has 0 amide bonds. The Morgan fingerprint density at radius 2 is 1.87 bits per heavy atom. The molecule has 0 unspecified atom stereocenters. The van der Waals surface area contributed by atoms with Crippen LogP contribution in [-0.2, 0) is 6.42 Å². The Bertz CT molecular complexity index is 338. The zero-order valence-corrected chi connectivity index (χ0v) is 10.3. The highest BCUT2D eigenvalue weighted by Gasteiger charge is 2.42. The third-order valence-electron chi connectivity index (χ3n) is 3.12. The third-order valence-corrected chi connectivity index (χ3v) is 3.83. The van der Waals surface area contributed by atoms with E-state index in [9.17, 15) is 0 Å². The lowest BCUT2D eigenvalue weighted by molar-refractivity contribution is 0.478. The van der Waals surface area contributed by atoms with E-state index in [-0.39, 0.29) is 0 Å². The fraction of sp³-hybridized carbons (Fsp3) is 0.500. The number of hydrogen-bond acceptors (Lipinski definition) is 1. The van der Waals surface area contributed by atoms with Crippen LogP contribution in [0, 0.1) is 5.41 Å². The third kappa shape index (κ3) is 2.47. The summed E-state index contributed by atoms with van der Waals surface area (Å²) in [5.74, 6) is 0. The van der Waals surface area contributed by atoms with Crippen molar-refractivity contribution in [2.45, 2.75) is 19.3 Å². The van der Waals surface area contributed by atoms with E-state index in [0.717, 1.165) is 28.6 Å². The molecule has 82 valence electrons. The van der Waals surface area contributed by atoms with Gasteiger partial charge in [0.1, 0.15) is 0 Å². The largest absolute Gasteiger partial charge is 0.319 e. The molecule has 1 aromatic rings. The van der Waals surface area contributed by atoms with Crippen LogP contribution in [0.4, 0.5) is 0 Å². The van der Waals surface area contributed by atoms with Crippen molar-refractivity contribution < 1.29 is 0 Å². The standard InChI is InChI=1S/C12H15Cl2N/c1-15-8-12(5-6-12)7-9-10(13)3-2-4-11(9)14/h2-4,15H,5-8H2,1H3. The molecule has 0 spiro atoms. The minimum atomic E-state index is 0.406. The average Bonchev–Trinajstić information content (AvgIpc) is 2.93. The first-order valence-electron chi connectivity index (χ1n) is 5.24. The van der Waals surface area contributed by atoms with Crippen molar-refractivity contribution in [3.8, 4) is 0 Å². The molecule has 1 aliphatic carbocycles. The highest BCUT2D eigenvalue weighted by Crippen LogP contribution is 2.49. The first-order valence-corrected chi connectivity index (χ1v) is 6.00. The van der Waals surface area contributed by atoms with Crippen molar-refractivity contribution in [3.05, 3.63) is 33.8 Å². The van der Waals surface area contributed by atoms with Crippen LogP contribution in [0.15, 0.2) is 18.2 Å². The van der Waals surface area contributed by atoms with Gasteiger partial charge in [-0.15, -0.1) is 0 Å². The van der Waals surface area contributed by atoms with E-state index in [1.807, 2.05) is 25.2 Å². The predicted octanol–water partition coefficient (Wildman–Crippen LogP) is 3.54. The Morgan fingerprint density at radius 1 is 1.27 bits per heavy atom. The Balaban J connectivity index is 2.17. The maximum Gasteiger partial charge on any atom is 0.0453 e. The summed E-state index contributed by atoms with van der Waals surface area (Å²) >= 11 is 12.3. The van der Waals surface area contributed by atoms with Gasteiger partial charge in [-0.25, -0.2) is 0 Å². The minimum Gasteiger partial charge on any atom is -0.319 e. The minimum absolute atomic E-state index is 0.406. The van der Waals surface area contributed by atoms with E-state index in [1.54, 1.807) is 0 Å². The molecule has 0 bridgehead atoms. The van der Waals surface area contributed by atoms with Gasteiger partial charge in [0.15, 0.2) is 0 Å². The van der Waals surface area contributed by atoms with Crippen LogP contribution in [0.25, 0.3) is 0 Å². The summed E-state index contributed by atoms with van der Waals surface area (Å²) < 4.78 is 0. The molecule has 15 heavy (non-hydrogen) atoms. The van der Waals surface area contributed by atoms with Crippen molar-refractivity contribution in [2.24, 2.45) is 5.41 Å². The lowest BCUT2D eigenvalue weighted by Gasteiger charge is -2.16. The van der Waals surface area contributed by atoms with Crippen molar-refractivity contribution in [2.75, 3.05) is 13.6 Å². The monoisotopic (exact) mass is 243 g/mol. The van der Waals surface area contributed by atoms with Gasteiger partial charge >= 0.3 is 0 Å². The molecular formula is C12H15Cl2N. The fourth-order valence-electron chi connectivity index (χ4n) is 2.04. The number of nitrogens with one attached hydrogen (secondary N) is 1. The van der Waals surface area contributed by atoms with Crippen LogP contribution in [0.1, 0.15) is 18.4 Å². The summed E-state index contributed by atoms with van der Waals surface area (Å²) in [5.41, 5.74) is 1.51. The summed E-state index contributed by atoms with van der Waals surface area (Å²) in [7, 11) is 1.99. The second kappa shape index (κ2) is 4.32. The van der Waals surface area contributed by atoms with Gasteiger partial charge in [0.2, 0.25) is 0 Å². The number of benzene rings is 1. The van der Waals surface area contributed by atoms with Crippen LogP contribution in [0.3, 0.4) is 0 Å². The quantitative estimate of drug-likeness (QED) is 0.854. The Morgan fingerprint density at radius 3 is 2.33 bits per heavy atom. The highest BCUT2D eigenvalue weighted by atomic mass is 35.5. The topological polar surface area (TPSA) is 12.0 Å². The lowest BCUT2D eigenvalue weighted by Crippen LogP contribution is -2.22. The molecular weight excluding hydrogens is 229 g/mol. The first-order chi connectivity index (χ1) is 7.17. The molecule has 3 heteroatoms. The maximum absolute atomic E-state index is 6.16. The van der Waals surface area contributed by atoms with Crippen molar-refractivity contribution >= 4 is 23.2 Å². The number of hydrogen-bond donors (Lipinski definition) is 1. The van der Waals surface area contributed by atoms with Gasteiger partial charge in [-0.1, -0.05) is 29.3 Å². The zero-order chi connectivity index (χ0) is 10.9. The van der Waals surface area contributed by atoms with Gasteiger partial charge < -0.3 is 5.32 Å². The van der Waals surface area contributed by atoms with Crippen LogP contribution >= 0.6 is 23.2 Å². The molecule has 0 heterocycles. The SMILES string of the molecule is CNCC1(Cc2c(Cl)cccc2Cl)CC1. The molecule has 1 aliphatic rings. The molecule has 1 N–H and O–H groups in total. The summed E-state index contributed by atoms with van der Waals surface area (Å²) in [6, 6.07) is 5.72. The van der Waals surface area contributed by atoms with E-state index in [4.69, 9.17) is 23.2 Å². The molecule has 1 fully saturated rings. The van der Waals surface area contributed by atoms with E-state index >= 15 is 0 Å².